The summed E-state index contributed by atoms with van der Waals surface area (Å²) in [6.45, 7) is 2.90. The number of carbonyl (C=O) groups is 1. The van der Waals surface area contributed by atoms with E-state index in [1.165, 1.54) is 6.33 Å². The van der Waals surface area contributed by atoms with E-state index >= 15 is 0 Å². The lowest BCUT2D eigenvalue weighted by atomic mass is 10.2. The molecular weight excluding hydrogens is 178 g/mol. The molecule has 0 N–H and O–H groups in total. The smallest absolute Gasteiger partial charge is 0.166 e. The predicted molar refractivity (Wildman–Crippen MR) is 52.5 cm³/mol. The van der Waals surface area contributed by atoms with E-state index in [1.807, 2.05) is 6.08 Å². The number of aromatic nitrogens is 3. The minimum atomic E-state index is 0.190. The highest BCUT2D eigenvalue weighted by molar-refractivity contribution is 6.21. The summed E-state index contributed by atoms with van der Waals surface area (Å²) in [5.74, 6) is 0.921. The molecule has 1 aliphatic carbocycles. The molecule has 1 aromatic rings. The van der Waals surface area contributed by atoms with Gasteiger partial charge in [-0.25, -0.2) is 9.67 Å². The molecule has 0 unspecified atom stereocenters. The van der Waals surface area contributed by atoms with Gasteiger partial charge in [0, 0.05) is 13.0 Å². The van der Waals surface area contributed by atoms with Crippen LogP contribution in [0.15, 0.2) is 12.4 Å². The first-order chi connectivity index (χ1) is 6.83. The standard InChI is InChI=1S/C10H13N3O/c1-2-6-13-10(11-7-12-13)8-4-3-5-9(8)14/h4,7H,2-3,5-6H2,1H3. The van der Waals surface area contributed by atoms with Gasteiger partial charge in [-0.05, 0) is 12.8 Å². The highest BCUT2D eigenvalue weighted by Crippen LogP contribution is 2.22. The summed E-state index contributed by atoms with van der Waals surface area (Å²) in [5, 5.41) is 4.10. The molecule has 0 bridgehead atoms. The number of nitrogens with zero attached hydrogens (tertiary/aromatic N) is 3. The van der Waals surface area contributed by atoms with Crippen molar-refractivity contribution in [2.75, 3.05) is 0 Å². The van der Waals surface area contributed by atoms with E-state index in [0.717, 1.165) is 30.8 Å². The summed E-state index contributed by atoms with van der Waals surface area (Å²) in [7, 11) is 0. The third-order valence-corrected chi connectivity index (χ3v) is 2.31. The van der Waals surface area contributed by atoms with Crippen molar-refractivity contribution < 1.29 is 4.79 Å². The average molecular weight is 191 g/mol. The topological polar surface area (TPSA) is 47.8 Å². The van der Waals surface area contributed by atoms with Gasteiger partial charge >= 0.3 is 0 Å². The number of allylic oxidation sites excluding steroid dienone is 2. The molecule has 0 aliphatic heterocycles. The lowest BCUT2D eigenvalue weighted by Crippen LogP contribution is -2.07. The molecule has 4 heteroatoms. The van der Waals surface area contributed by atoms with Crippen molar-refractivity contribution in [2.24, 2.45) is 0 Å². The molecule has 0 saturated heterocycles. The maximum absolute atomic E-state index is 11.5. The molecule has 14 heavy (non-hydrogen) atoms. The van der Waals surface area contributed by atoms with Crippen LogP contribution in [-0.2, 0) is 11.3 Å². The van der Waals surface area contributed by atoms with Gasteiger partial charge in [0.25, 0.3) is 0 Å². The molecule has 0 saturated carbocycles. The number of Topliss-reactive ketones (excluding diaryl/α,β-unsaturated/α-hetero) is 1. The highest BCUT2D eigenvalue weighted by Gasteiger charge is 2.20. The van der Waals surface area contributed by atoms with E-state index in [4.69, 9.17) is 0 Å². The van der Waals surface area contributed by atoms with Gasteiger partial charge in [0.2, 0.25) is 0 Å². The van der Waals surface area contributed by atoms with Crippen LogP contribution in [0.5, 0.6) is 0 Å². The van der Waals surface area contributed by atoms with Gasteiger partial charge in [0.15, 0.2) is 11.6 Å². The summed E-state index contributed by atoms with van der Waals surface area (Å²) >= 11 is 0. The molecule has 2 rings (SSSR count). The molecule has 0 aromatic carbocycles. The second-order valence-corrected chi connectivity index (χ2v) is 3.39. The first kappa shape index (κ1) is 9.12. The zero-order valence-corrected chi connectivity index (χ0v) is 8.23. The van der Waals surface area contributed by atoms with E-state index in [2.05, 4.69) is 17.0 Å². The van der Waals surface area contributed by atoms with Crippen LogP contribution in [0.2, 0.25) is 0 Å². The van der Waals surface area contributed by atoms with Crippen LogP contribution in [0.1, 0.15) is 32.0 Å². The molecule has 0 amide bonds. The minimum Gasteiger partial charge on any atom is -0.294 e. The number of aryl methyl sites for hydroxylation is 1. The summed E-state index contributed by atoms with van der Waals surface area (Å²) in [6.07, 6.45) is 5.93. The lowest BCUT2D eigenvalue weighted by Gasteiger charge is -2.03. The molecule has 74 valence electrons. The Morgan fingerprint density at radius 3 is 3.07 bits per heavy atom. The maximum Gasteiger partial charge on any atom is 0.166 e. The Morgan fingerprint density at radius 2 is 2.43 bits per heavy atom. The molecule has 1 heterocycles. The number of rotatable bonds is 3. The Kier molecular flexibility index (Phi) is 2.43. The van der Waals surface area contributed by atoms with Crippen molar-refractivity contribution in [1.29, 1.82) is 0 Å². The fourth-order valence-corrected chi connectivity index (χ4v) is 1.66. The predicted octanol–water partition coefficient (Wildman–Crippen LogP) is 1.43. The maximum atomic E-state index is 11.5. The monoisotopic (exact) mass is 191 g/mol. The van der Waals surface area contributed by atoms with E-state index in [9.17, 15) is 4.79 Å². The Hall–Kier alpha value is -1.45. The lowest BCUT2D eigenvalue weighted by molar-refractivity contribution is -0.113. The van der Waals surface area contributed by atoms with Gasteiger partial charge < -0.3 is 0 Å². The van der Waals surface area contributed by atoms with Crippen LogP contribution in [-0.4, -0.2) is 20.5 Å². The van der Waals surface area contributed by atoms with E-state index in [0.29, 0.717) is 6.42 Å². The van der Waals surface area contributed by atoms with E-state index in [-0.39, 0.29) is 5.78 Å². The van der Waals surface area contributed by atoms with Crippen molar-refractivity contribution in [2.45, 2.75) is 32.7 Å². The van der Waals surface area contributed by atoms with Crippen molar-refractivity contribution >= 4 is 11.4 Å². The third kappa shape index (κ3) is 1.47. The number of ketones is 1. The zero-order chi connectivity index (χ0) is 9.97. The van der Waals surface area contributed by atoms with Gasteiger partial charge in [-0.15, -0.1) is 0 Å². The summed E-state index contributed by atoms with van der Waals surface area (Å²) in [5.41, 5.74) is 0.746. The molecule has 1 aliphatic rings. The summed E-state index contributed by atoms with van der Waals surface area (Å²) in [6, 6.07) is 0. The number of carbonyl (C=O) groups excluding carboxylic acids is 1. The van der Waals surface area contributed by atoms with Crippen molar-refractivity contribution in [3.63, 3.8) is 0 Å². The van der Waals surface area contributed by atoms with Gasteiger partial charge in [-0.3, -0.25) is 4.79 Å². The van der Waals surface area contributed by atoms with Crippen molar-refractivity contribution in [3.8, 4) is 0 Å². The Labute approximate surface area is 82.6 Å². The molecule has 0 radical (unpaired) electrons. The van der Waals surface area contributed by atoms with Crippen LogP contribution in [0.25, 0.3) is 5.57 Å². The highest BCUT2D eigenvalue weighted by atomic mass is 16.1. The fourth-order valence-electron chi connectivity index (χ4n) is 1.66. The Morgan fingerprint density at radius 1 is 1.57 bits per heavy atom. The summed E-state index contributed by atoms with van der Waals surface area (Å²) in [4.78, 5) is 15.6. The van der Waals surface area contributed by atoms with Crippen LogP contribution >= 0.6 is 0 Å². The Balaban J connectivity index is 2.31. The van der Waals surface area contributed by atoms with Crippen molar-refractivity contribution in [1.82, 2.24) is 14.8 Å². The largest absolute Gasteiger partial charge is 0.294 e. The second-order valence-electron chi connectivity index (χ2n) is 3.39. The molecule has 1 aromatic heterocycles. The SMILES string of the molecule is CCCn1ncnc1C1=CCCC1=O. The fraction of sp³-hybridized carbons (Fsp3) is 0.500. The van der Waals surface area contributed by atoms with Gasteiger partial charge in [-0.1, -0.05) is 13.0 Å². The molecular formula is C10H13N3O. The van der Waals surface area contributed by atoms with Gasteiger partial charge in [0.1, 0.15) is 6.33 Å². The second kappa shape index (κ2) is 3.74. The minimum absolute atomic E-state index is 0.190. The van der Waals surface area contributed by atoms with E-state index < -0.39 is 0 Å². The zero-order valence-electron chi connectivity index (χ0n) is 8.23. The van der Waals surface area contributed by atoms with Crippen LogP contribution in [0.4, 0.5) is 0 Å². The average Bonchev–Trinajstić information content (AvgIpc) is 2.74. The first-order valence-corrected chi connectivity index (χ1v) is 4.94. The molecule has 0 fully saturated rings. The Bertz CT molecular complexity index is 378. The van der Waals surface area contributed by atoms with Gasteiger partial charge in [-0.2, -0.15) is 5.10 Å². The van der Waals surface area contributed by atoms with Crippen molar-refractivity contribution in [3.05, 3.63) is 18.2 Å². The number of hydrogen-bond donors (Lipinski definition) is 0. The van der Waals surface area contributed by atoms with Crippen LogP contribution < -0.4 is 0 Å². The summed E-state index contributed by atoms with van der Waals surface area (Å²) < 4.78 is 1.80. The molecule has 4 nitrogen and oxygen atoms in total. The third-order valence-electron chi connectivity index (χ3n) is 2.31. The van der Waals surface area contributed by atoms with Crippen LogP contribution in [0, 0.1) is 0 Å². The van der Waals surface area contributed by atoms with Crippen LogP contribution in [0.3, 0.4) is 0 Å². The first-order valence-electron chi connectivity index (χ1n) is 4.94. The molecule has 0 spiro atoms. The normalized spacial score (nSPS) is 16.1. The van der Waals surface area contributed by atoms with E-state index in [1.54, 1.807) is 4.68 Å². The number of hydrogen-bond acceptors (Lipinski definition) is 3. The quantitative estimate of drug-likeness (QED) is 0.726. The van der Waals surface area contributed by atoms with Gasteiger partial charge in [0.05, 0.1) is 5.57 Å². The molecule has 0 atom stereocenters.